The van der Waals surface area contributed by atoms with E-state index in [9.17, 15) is 8.42 Å². The highest BCUT2D eigenvalue weighted by Gasteiger charge is 1.98. The molecule has 0 heterocycles. The Labute approximate surface area is 66.1 Å². The topological polar surface area (TPSA) is 132 Å². The number of rotatable bonds is 2. The highest BCUT2D eigenvalue weighted by Crippen LogP contribution is 1.83. The summed E-state index contributed by atoms with van der Waals surface area (Å²) in [7, 11) is -3.67. The lowest BCUT2D eigenvalue weighted by atomic mass is 10.6. The molecule has 0 bridgehead atoms. The molecule has 70 valence electrons. The normalized spacial score (nSPS) is 8.55. The van der Waals surface area contributed by atoms with Gasteiger partial charge in [0.1, 0.15) is 0 Å². The monoisotopic (exact) mass is 186 g/mol. The van der Waals surface area contributed by atoms with Crippen molar-refractivity contribution in [2.45, 2.75) is 13.3 Å². The van der Waals surface area contributed by atoms with E-state index in [0.29, 0.717) is 6.42 Å². The highest BCUT2D eigenvalue weighted by atomic mass is 32.2. The van der Waals surface area contributed by atoms with Crippen LogP contribution in [0.1, 0.15) is 13.3 Å². The standard InChI is InChI=1S/C3H8O3S.CH3NO.H3N/c1-2-3-7(4,5)6;2-1-3;/h2-3H2,1H3,(H,4,5,6);1H,(H2,2,3);1H3. The van der Waals surface area contributed by atoms with E-state index < -0.39 is 10.1 Å². The Hall–Kier alpha value is -0.660. The van der Waals surface area contributed by atoms with Crippen LogP contribution in [-0.2, 0) is 14.9 Å². The molecule has 0 saturated heterocycles. The maximum Gasteiger partial charge on any atom is 0.264 e. The predicted octanol–water partition coefficient (Wildman–Crippen LogP) is -0.452. The van der Waals surface area contributed by atoms with E-state index in [1.165, 1.54) is 0 Å². The van der Waals surface area contributed by atoms with Gasteiger partial charge in [-0.2, -0.15) is 8.42 Å². The van der Waals surface area contributed by atoms with Crippen LogP contribution < -0.4 is 11.9 Å². The van der Waals surface area contributed by atoms with Crippen LogP contribution in [0.2, 0.25) is 0 Å². The zero-order chi connectivity index (χ0) is 8.62. The molecule has 1 amide bonds. The van der Waals surface area contributed by atoms with Gasteiger partial charge in [-0.25, -0.2) is 0 Å². The number of carbonyl (C=O) groups excluding carboxylic acids is 1. The molecule has 0 aromatic heterocycles. The van der Waals surface area contributed by atoms with Gasteiger partial charge in [0.05, 0.1) is 5.75 Å². The second-order valence-corrected chi connectivity index (χ2v) is 2.99. The first kappa shape index (κ1) is 16.7. The molecule has 0 rings (SSSR count). The molecule has 0 saturated carbocycles. The Balaban J connectivity index is -0.000000140. The number of amides is 1. The van der Waals surface area contributed by atoms with Crippen LogP contribution in [0.25, 0.3) is 0 Å². The minimum Gasteiger partial charge on any atom is -0.372 e. The quantitative estimate of drug-likeness (QED) is 0.396. The first-order chi connectivity index (χ1) is 4.47. The average molecular weight is 186 g/mol. The van der Waals surface area contributed by atoms with Crippen molar-refractivity contribution in [2.24, 2.45) is 5.73 Å². The molecular weight excluding hydrogens is 172 g/mol. The number of nitrogens with two attached hydrogens (primary N) is 1. The third-order valence-electron chi connectivity index (χ3n) is 0.462. The van der Waals surface area contributed by atoms with Crippen molar-refractivity contribution in [3.8, 4) is 0 Å². The molecule has 0 unspecified atom stereocenters. The fourth-order valence-corrected chi connectivity index (χ4v) is 0.774. The smallest absolute Gasteiger partial charge is 0.264 e. The molecule has 0 radical (unpaired) electrons. The van der Waals surface area contributed by atoms with Gasteiger partial charge in [-0.1, -0.05) is 6.92 Å². The summed E-state index contributed by atoms with van der Waals surface area (Å²) in [6.07, 6.45) is 0.721. The van der Waals surface area contributed by atoms with Crippen LogP contribution in [0.15, 0.2) is 0 Å². The lowest BCUT2D eigenvalue weighted by molar-refractivity contribution is -0.106. The van der Waals surface area contributed by atoms with E-state index >= 15 is 0 Å². The van der Waals surface area contributed by atoms with E-state index in [4.69, 9.17) is 9.35 Å². The number of hydrogen-bond acceptors (Lipinski definition) is 4. The van der Waals surface area contributed by atoms with Crippen molar-refractivity contribution >= 4 is 16.5 Å². The maximum absolute atomic E-state index is 9.79. The third-order valence-corrected chi connectivity index (χ3v) is 1.39. The predicted molar refractivity (Wildman–Crippen MR) is 42.0 cm³/mol. The van der Waals surface area contributed by atoms with Gasteiger partial charge in [-0.3, -0.25) is 9.35 Å². The van der Waals surface area contributed by atoms with Crippen molar-refractivity contribution in [1.29, 1.82) is 0 Å². The summed E-state index contributed by atoms with van der Waals surface area (Å²) in [6.45, 7) is 1.69. The molecule has 0 aromatic rings. The summed E-state index contributed by atoms with van der Waals surface area (Å²) in [5.74, 6) is -0.132. The molecule has 0 atom stereocenters. The molecular formula is C4H14N2O4S. The fraction of sp³-hybridized carbons (Fsp3) is 0.750. The molecule has 7 heteroatoms. The van der Waals surface area contributed by atoms with Crippen LogP contribution in [0.3, 0.4) is 0 Å². The summed E-state index contributed by atoms with van der Waals surface area (Å²) < 4.78 is 27.6. The molecule has 0 aliphatic carbocycles. The van der Waals surface area contributed by atoms with Gasteiger partial charge in [0.15, 0.2) is 0 Å². The summed E-state index contributed by atoms with van der Waals surface area (Å²) >= 11 is 0. The van der Waals surface area contributed by atoms with E-state index in [1.54, 1.807) is 6.92 Å². The lowest BCUT2D eigenvalue weighted by Crippen LogP contribution is -2.01. The first-order valence-electron chi connectivity index (χ1n) is 2.58. The van der Waals surface area contributed by atoms with E-state index in [2.05, 4.69) is 5.73 Å². The zero-order valence-corrected chi connectivity index (χ0v) is 7.17. The van der Waals surface area contributed by atoms with Gasteiger partial charge >= 0.3 is 0 Å². The van der Waals surface area contributed by atoms with Crippen molar-refractivity contribution < 1.29 is 17.8 Å². The number of primary amides is 1. The van der Waals surface area contributed by atoms with Gasteiger partial charge in [-0.05, 0) is 6.42 Å². The van der Waals surface area contributed by atoms with E-state index in [0.717, 1.165) is 0 Å². The molecule has 11 heavy (non-hydrogen) atoms. The Bertz CT molecular complexity index is 165. The van der Waals surface area contributed by atoms with Crippen LogP contribution >= 0.6 is 0 Å². The van der Waals surface area contributed by atoms with Crippen molar-refractivity contribution in [3.05, 3.63) is 0 Å². The lowest BCUT2D eigenvalue weighted by Gasteiger charge is -1.85. The average Bonchev–Trinajstić information content (AvgIpc) is 1.63. The van der Waals surface area contributed by atoms with Crippen LogP contribution in [0.5, 0.6) is 0 Å². The van der Waals surface area contributed by atoms with Crippen molar-refractivity contribution in [3.63, 3.8) is 0 Å². The van der Waals surface area contributed by atoms with Gasteiger partial charge in [-0.15, -0.1) is 0 Å². The number of carbonyl (C=O) groups is 1. The molecule has 6 N–H and O–H groups in total. The van der Waals surface area contributed by atoms with Crippen LogP contribution in [-0.4, -0.2) is 25.1 Å². The summed E-state index contributed by atoms with van der Waals surface area (Å²) in [5.41, 5.74) is 4.17. The zero-order valence-electron chi connectivity index (χ0n) is 6.36. The molecule has 0 aliphatic rings. The van der Waals surface area contributed by atoms with Crippen molar-refractivity contribution in [2.75, 3.05) is 5.75 Å². The summed E-state index contributed by atoms with van der Waals surface area (Å²) in [5, 5.41) is 0. The van der Waals surface area contributed by atoms with Crippen molar-refractivity contribution in [1.82, 2.24) is 6.15 Å². The Kier molecular flexibility index (Phi) is 14.2. The highest BCUT2D eigenvalue weighted by molar-refractivity contribution is 7.85. The molecule has 0 fully saturated rings. The minimum atomic E-state index is -3.67. The number of hydrogen-bond donors (Lipinski definition) is 3. The van der Waals surface area contributed by atoms with Crippen LogP contribution in [0.4, 0.5) is 0 Å². The van der Waals surface area contributed by atoms with E-state index in [-0.39, 0.29) is 18.3 Å². The van der Waals surface area contributed by atoms with Gasteiger partial charge in [0.25, 0.3) is 10.1 Å². The minimum absolute atomic E-state index is 0. The third kappa shape index (κ3) is 45.1. The largest absolute Gasteiger partial charge is 0.372 e. The maximum atomic E-state index is 9.79. The second kappa shape index (κ2) is 9.34. The van der Waals surface area contributed by atoms with Gasteiger partial charge < -0.3 is 11.9 Å². The Morgan fingerprint density at radius 3 is 1.82 bits per heavy atom. The van der Waals surface area contributed by atoms with Gasteiger partial charge in [0, 0.05) is 0 Å². The summed E-state index contributed by atoms with van der Waals surface area (Å²) in [6, 6.07) is 0. The second-order valence-electron chi connectivity index (χ2n) is 1.42. The fourth-order valence-electron chi connectivity index (χ4n) is 0.258. The molecule has 0 spiro atoms. The Morgan fingerprint density at radius 2 is 1.82 bits per heavy atom. The Morgan fingerprint density at radius 1 is 1.55 bits per heavy atom. The van der Waals surface area contributed by atoms with E-state index in [1.807, 2.05) is 0 Å². The first-order valence-corrected chi connectivity index (χ1v) is 4.19. The molecule has 0 aliphatic heterocycles. The summed E-state index contributed by atoms with van der Waals surface area (Å²) in [4.78, 5) is 8.58. The van der Waals surface area contributed by atoms with Gasteiger partial charge in [0.2, 0.25) is 6.41 Å². The molecule has 0 aromatic carbocycles. The SMILES string of the molecule is CCCS(=O)(=O)O.N.NC=O. The molecule has 6 nitrogen and oxygen atoms in total. The van der Waals surface area contributed by atoms with Crippen LogP contribution in [0, 0.1) is 0 Å².